The summed E-state index contributed by atoms with van der Waals surface area (Å²) in [5.74, 6) is -0.0803. The molecule has 0 aromatic heterocycles. The maximum atomic E-state index is 10.7. The van der Waals surface area contributed by atoms with Gasteiger partial charge in [0.15, 0.2) is 0 Å². The van der Waals surface area contributed by atoms with Crippen LogP contribution in [0.2, 0.25) is 25.7 Å². The average molecular weight is 211 g/mol. The third-order valence-corrected chi connectivity index (χ3v) is 3.11. The molecule has 0 fully saturated rings. The van der Waals surface area contributed by atoms with Gasteiger partial charge in [-0.2, -0.15) is 0 Å². The van der Waals surface area contributed by atoms with Gasteiger partial charge in [-0.25, -0.2) is 0 Å². The molecule has 0 rings (SSSR count). The molecule has 0 spiro atoms. The van der Waals surface area contributed by atoms with Crippen LogP contribution in [0.15, 0.2) is 0 Å². The molecular formula is C8H19ClO2Si. The molecule has 0 aliphatic heterocycles. The minimum absolute atomic E-state index is 0. The van der Waals surface area contributed by atoms with Gasteiger partial charge in [0, 0.05) is 14.5 Å². The maximum absolute atomic E-state index is 10.7. The van der Waals surface area contributed by atoms with Gasteiger partial charge in [0.1, 0.15) is 0 Å². The minimum atomic E-state index is -1.01. The highest BCUT2D eigenvalue weighted by Crippen LogP contribution is 2.07. The highest BCUT2D eigenvalue weighted by Gasteiger charge is 2.12. The molecule has 0 bridgehead atoms. The van der Waals surface area contributed by atoms with E-state index in [-0.39, 0.29) is 18.4 Å². The summed E-state index contributed by atoms with van der Waals surface area (Å²) in [4.78, 5) is 10.7. The van der Waals surface area contributed by atoms with E-state index < -0.39 is 8.07 Å². The van der Waals surface area contributed by atoms with Gasteiger partial charge in [0.25, 0.3) is 0 Å². The summed E-state index contributed by atoms with van der Waals surface area (Å²) < 4.78 is 4.96. The van der Waals surface area contributed by atoms with Crippen LogP contribution in [0.5, 0.6) is 0 Å². The average Bonchev–Trinajstić information content (AvgIpc) is 1.85. The standard InChI is InChI=1S/C8H18O2Si.ClH/c1-5-8(9)10-6-7-11(2,3)4;/h5-7H2,1-4H3;1H. The van der Waals surface area contributed by atoms with Crippen molar-refractivity contribution in [3.63, 3.8) is 0 Å². The van der Waals surface area contributed by atoms with Gasteiger partial charge in [0.05, 0.1) is 6.61 Å². The lowest BCUT2D eigenvalue weighted by Crippen LogP contribution is -2.22. The summed E-state index contributed by atoms with van der Waals surface area (Å²) in [6.07, 6.45) is 0.492. The molecule has 0 aromatic rings. The van der Waals surface area contributed by atoms with Crippen molar-refractivity contribution in [3.8, 4) is 0 Å². The first-order chi connectivity index (χ1) is 4.95. The minimum Gasteiger partial charge on any atom is -0.466 e. The number of ether oxygens (including phenoxy) is 1. The molecule has 0 radical (unpaired) electrons. The second-order valence-electron chi connectivity index (χ2n) is 3.88. The van der Waals surface area contributed by atoms with Gasteiger partial charge >= 0.3 is 5.97 Å². The van der Waals surface area contributed by atoms with Crippen LogP contribution < -0.4 is 0 Å². The van der Waals surface area contributed by atoms with E-state index in [4.69, 9.17) is 4.74 Å². The smallest absolute Gasteiger partial charge is 0.305 e. The Hall–Kier alpha value is -0.0231. The SMILES string of the molecule is CCC(=O)OCC[Si](C)(C)C.Cl. The second-order valence-corrected chi connectivity index (χ2v) is 9.51. The van der Waals surface area contributed by atoms with Crippen molar-refractivity contribution in [2.75, 3.05) is 6.61 Å². The first kappa shape index (κ1) is 14.5. The summed E-state index contributed by atoms with van der Waals surface area (Å²) >= 11 is 0. The van der Waals surface area contributed by atoms with Crippen LogP contribution >= 0.6 is 12.4 Å². The van der Waals surface area contributed by atoms with E-state index in [1.165, 1.54) is 0 Å². The quantitative estimate of drug-likeness (QED) is 0.527. The van der Waals surface area contributed by atoms with Crippen LogP contribution in [0, 0.1) is 0 Å². The Morgan fingerprint density at radius 2 is 1.83 bits per heavy atom. The molecular weight excluding hydrogens is 192 g/mol. The van der Waals surface area contributed by atoms with Crippen LogP contribution in [0.4, 0.5) is 0 Å². The lowest BCUT2D eigenvalue weighted by atomic mass is 10.5. The van der Waals surface area contributed by atoms with Gasteiger partial charge in [0.2, 0.25) is 0 Å². The molecule has 74 valence electrons. The van der Waals surface area contributed by atoms with Gasteiger partial charge < -0.3 is 4.74 Å². The van der Waals surface area contributed by atoms with Crippen LogP contribution in [0.1, 0.15) is 13.3 Å². The Kier molecular flexibility index (Phi) is 7.84. The normalized spacial score (nSPS) is 10.3. The Balaban J connectivity index is 0. The fourth-order valence-electron chi connectivity index (χ4n) is 0.573. The molecule has 0 unspecified atom stereocenters. The fraction of sp³-hybridized carbons (Fsp3) is 0.875. The van der Waals surface area contributed by atoms with E-state index in [9.17, 15) is 4.79 Å². The summed E-state index contributed by atoms with van der Waals surface area (Å²) in [5, 5.41) is 0. The maximum Gasteiger partial charge on any atom is 0.305 e. The molecule has 0 saturated carbocycles. The third kappa shape index (κ3) is 9.98. The molecule has 2 nitrogen and oxygen atoms in total. The van der Waals surface area contributed by atoms with E-state index in [1.807, 2.05) is 6.92 Å². The number of hydrogen-bond donors (Lipinski definition) is 0. The van der Waals surface area contributed by atoms with Crippen LogP contribution in [0.25, 0.3) is 0 Å². The van der Waals surface area contributed by atoms with Crippen LogP contribution in [-0.4, -0.2) is 20.7 Å². The Morgan fingerprint density at radius 1 is 1.33 bits per heavy atom. The number of esters is 1. The van der Waals surface area contributed by atoms with Crippen molar-refractivity contribution in [2.45, 2.75) is 39.0 Å². The van der Waals surface area contributed by atoms with Gasteiger partial charge in [-0.05, 0) is 6.04 Å². The van der Waals surface area contributed by atoms with Crippen molar-refractivity contribution in [3.05, 3.63) is 0 Å². The number of rotatable bonds is 4. The van der Waals surface area contributed by atoms with Crippen LogP contribution in [-0.2, 0) is 9.53 Å². The topological polar surface area (TPSA) is 26.3 Å². The zero-order valence-electron chi connectivity index (χ0n) is 8.35. The predicted molar refractivity (Wildman–Crippen MR) is 56.7 cm³/mol. The van der Waals surface area contributed by atoms with Gasteiger partial charge in [-0.1, -0.05) is 26.6 Å². The fourth-order valence-corrected chi connectivity index (χ4v) is 1.29. The first-order valence-corrected chi connectivity index (χ1v) is 7.82. The molecule has 0 amide bonds. The number of carbonyl (C=O) groups excluding carboxylic acids is 1. The summed E-state index contributed by atoms with van der Waals surface area (Å²) in [5.41, 5.74) is 0. The third-order valence-electron chi connectivity index (χ3n) is 1.40. The molecule has 0 N–H and O–H groups in total. The summed E-state index contributed by atoms with van der Waals surface area (Å²) in [6, 6.07) is 1.07. The van der Waals surface area contributed by atoms with Crippen molar-refractivity contribution >= 4 is 26.5 Å². The number of hydrogen-bond acceptors (Lipinski definition) is 2. The Labute approximate surface area is 82.1 Å². The highest BCUT2D eigenvalue weighted by molar-refractivity contribution is 6.76. The van der Waals surface area contributed by atoms with Gasteiger partial charge in [-0.15, -0.1) is 12.4 Å². The zero-order chi connectivity index (χ0) is 8.91. The Bertz CT molecular complexity index is 132. The summed E-state index contributed by atoms with van der Waals surface area (Å²) in [6.45, 7) is 9.24. The molecule has 0 saturated heterocycles. The molecule has 0 aromatic carbocycles. The van der Waals surface area contributed by atoms with E-state index in [1.54, 1.807) is 0 Å². The van der Waals surface area contributed by atoms with E-state index >= 15 is 0 Å². The van der Waals surface area contributed by atoms with E-state index in [0.29, 0.717) is 13.0 Å². The second kappa shape index (κ2) is 6.49. The largest absolute Gasteiger partial charge is 0.466 e. The molecule has 0 atom stereocenters. The van der Waals surface area contributed by atoms with Crippen molar-refractivity contribution < 1.29 is 9.53 Å². The molecule has 12 heavy (non-hydrogen) atoms. The van der Waals surface area contributed by atoms with Crippen LogP contribution in [0.3, 0.4) is 0 Å². The lowest BCUT2D eigenvalue weighted by Gasteiger charge is -2.14. The summed E-state index contributed by atoms with van der Waals surface area (Å²) in [7, 11) is -1.01. The molecule has 0 aliphatic carbocycles. The molecule has 0 aliphatic rings. The highest BCUT2D eigenvalue weighted by atomic mass is 35.5. The molecule has 4 heteroatoms. The van der Waals surface area contributed by atoms with Gasteiger partial charge in [-0.3, -0.25) is 4.79 Å². The Morgan fingerprint density at radius 3 is 2.17 bits per heavy atom. The van der Waals surface area contributed by atoms with E-state index in [2.05, 4.69) is 19.6 Å². The molecule has 0 heterocycles. The predicted octanol–water partition coefficient (Wildman–Crippen LogP) is 2.70. The van der Waals surface area contributed by atoms with Crippen molar-refractivity contribution in [1.29, 1.82) is 0 Å². The van der Waals surface area contributed by atoms with Crippen molar-refractivity contribution in [1.82, 2.24) is 0 Å². The lowest BCUT2D eigenvalue weighted by molar-refractivity contribution is -0.142. The van der Waals surface area contributed by atoms with Crippen molar-refractivity contribution in [2.24, 2.45) is 0 Å². The monoisotopic (exact) mass is 210 g/mol. The number of carbonyl (C=O) groups is 1. The zero-order valence-corrected chi connectivity index (χ0v) is 10.2. The van der Waals surface area contributed by atoms with E-state index in [0.717, 1.165) is 6.04 Å². The first-order valence-electron chi connectivity index (χ1n) is 4.11. The number of halogens is 1.